The van der Waals surface area contributed by atoms with E-state index in [0.717, 1.165) is 135 Å². The zero-order valence-electron chi connectivity index (χ0n) is 46.8. The van der Waals surface area contributed by atoms with Crippen molar-refractivity contribution >= 4 is 17.9 Å². The van der Waals surface area contributed by atoms with Crippen LogP contribution in [0.15, 0.2) is 146 Å². The van der Waals surface area contributed by atoms with Crippen molar-refractivity contribution in [2.45, 2.75) is 245 Å². The molecule has 1 unspecified atom stereocenters. The maximum atomic E-state index is 12.8. The van der Waals surface area contributed by atoms with Crippen molar-refractivity contribution in [1.29, 1.82) is 0 Å². The molecule has 0 amide bonds. The summed E-state index contributed by atoms with van der Waals surface area (Å²) in [5, 5.41) is 0. The smallest absolute Gasteiger partial charge is 0.306 e. The molecule has 6 nitrogen and oxygen atoms in total. The monoisotopic (exact) mass is 1010 g/mol. The number of allylic oxidation sites excluding steroid dienone is 24. The summed E-state index contributed by atoms with van der Waals surface area (Å²) in [5.74, 6) is -1.03. The molecule has 0 aliphatic carbocycles. The van der Waals surface area contributed by atoms with E-state index < -0.39 is 12.1 Å². The summed E-state index contributed by atoms with van der Waals surface area (Å²) in [4.78, 5) is 38.2. The van der Waals surface area contributed by atoms with Gasteiger partial charge in [-0.3, -0.25) is 14.4 Å². The van der Waals surface area contributed by atoms with Gasteiger partial charge in [0.05, 0.1) is 0 Å². The van der Waals surface area contributed by atoms with Crippen LogP contribution in [0.25, 0.3) is 0 Å². The number of esters is 3. The normalized spacial score (nSPS) is 13.2. The second-order valence-corrected chi connectivity index (χ2v) is 18.8. The van der Waals surface area contributed by atoms with E-state index in [4.69, 9.17) is 14.2 Å². The fourth-order valence-corrected chi connectivity index (χ4v) is 7.49. The molecule has 0 saturated carbocycles. The van der Waals surface area contributed by atoms with E-state index in [9.17, 15) is 14.4 Å². The highest BCUT2D eigenvalue weighted by molar-refractivity contribution is 5.71. The Hall–Kier alpha value is -4.71. The van der Waals surface area contributed by atoms with Crippen molar-refractivity contribution in [2.24, 2.45) is 0 Å². The molecule has 1 atom stereocenters. The lowest BCUT2D eigenvalue weighted by Crippen LogP contribution is -2.30. The Kier molecular flexibility index (Phi) is 56.0. The summed E-state index contributed by atoms with van der Waals surface area (Å²) in [7, 11) is 0. The van der Waals surface area contributed by atoms with E-state index in [2.05, 4.69) is 154 Å². The molecule has 0 N–H and O–H groups in total. The number of hydrogen-bond acceptors (Lipinski definition) is 6. The molecule has 0 aromatic heterocycles. The van der Waals surface area contributed by atoms with E-state index in [0.29, 0.717) is 19.3 Å². The molecule has 0 fully saturated rings. The molecule has 0 aromatic carbocycles. The van der Waals surface area contributed by atoms with Crippen LogP contribution in [0, 0.1) is 0 Å². The predicted octanol–water partition coefficient (Wildman–Crippen LogP) is 20.0. The fraction of sp³-hybridized carbons (Fsp3) is 0.597. The van der Waals surface area contributed by atoms with Gasteiger partial charge in [0, 0.05) is 19.3 Å². The van der Waals surface area contributed by atoms with Crippen LogP contribution in [0.4, 0.5) is 0 Å². The molecular weight excluding hydrogens is 901 g/mol. The minimum atomic E-state index is -0.835. The molecule has 0 heterocycles. The van der Waals surface area contributed by atoms with Crippen LogP contribution in [0.5, 0.6) is 0 Å². The second-order valence-electron chi connectivity index (χ2n) is 18.8. The van der Waals surface area contributed by atoms with Crippen molar-refractivity contribution in [1.82, 2.24) is 0 Å². The lowest BCUT2D eigenvalue weighted by Gasteiger charge is -2.18. The Morgan fingerprint density at radius 3 is 0.890 bits per heavy atom. The predicted molar refractivity (Wildman–Crippen MR) is 315 cm³/mol. The maximum Gasteiger partial charge on any atom is 0.306 e. The Morgan fingerprint density at radius 2 is 0.562 bits per heavy atom. The molecule has 0 radical (unpaired) electrons. The first-order valence-electron chi connectivity index (χ1n) is 29.3. The van der Waals surface area contributed by atoms with Crippen LogP contribution in [-0.4, -0.2) is 37.2 Å². The van der Waals surface area contributed by atoms with Gasteiger partial charge in [-0.1, -0.05) is 237 Å². The maximum absolute atomic E-state index is 12.8. The first kappa shape index (κ1) is 68.3. The number of ether oxygens (including phenoxy) is 3. The van der Waals surface area contributed by atoms with E-state index in [1.807, 2.05) is 12.2 Å². The van der Waals surface area contributed by atoms with Gasteiger partial charge in [0.25, 0.3) is 0 Å². The molecule has 0 saturated heterocycles. The third-order valence-corrected chi connectivity index (χ3v) is 11.8. The number of hydrogen-bond donors (Lipinski definition) is 0. The van der Waals surface area contributed by atoms with Gasteiger partial charge in [0.15, 0.2) is 6.10 Å². The Bertz CT molecular complexity index is 1630. The zero-order chi connectivity index (χ0) is 52.9. The highest BCUT2D eigenvalue weighted by Crippen LogP contribution is 2.13. The highest BCUT2D eigenvalue weighted by Gasteiger charge is 2.19. The van der Waals surface area contributed by atoms with Crippen molar-refractivity contribution in [2.75, 3.05) is 13.2 Å². The molecular formula is C67H106O6. The quantitative estimate of drug-likeness (QED) is 0.0261. The molecule has 0 bridgehead atoms. The van der Waals surface area contributed by atoms with Gasteiger partial charge in [-0.25, -0.2) is 0 Å². The van der Waals surface area contributed by atoms with Crippen LogP contribution in [0.2, 0.25) is 0 Å². The van der Waals surface area contributed by atoms with Crippen molar-refractivity contribution < 1.29 is 28.6 Å². The van der Waals surface area contributed by atoms with Gasteiger partial charge < -0.3 is 14.2 Å². The number of carbonyl (C=O) groups is 3. The van der Waals surface area contributed by atoms with Crippen LogP contribution < -0.4 is 0 Å². The lowest BCUT2D eigenvalue weighted by atomic mass is 10.1. The number of carbonyl (C=O) groups excluding carboxylic acids is 3. The van der Waals surface area contributed by atoms with Gasteiger partial charge >= 0.3 is 17.9 Å². The van der Waals surface area contributed by atoms with Gasteiger partial charge in [0.1, 0.15) is 13.2 Å². The summed E-state index contributed by atoms with van der Waals surface area (Å²) in [6.07, 6.45) is 85.6. The molecule has 0 aliphatic rings. The highest BCUT2D eigenvalue weighted by atomic mass is 16.6. The van der Waals surface area contributed by atoms with Gasteiger partial charge in [-0.2, -0.15) is 0 Å². The topological polar surface area (TPSA) is 78.9 Å². The molecule has 410 valence electrons. The third-order valence-electron chi connectivity index (χ3n) is 11.8. The van der Waals surface area contributed by atoms with Gasteiger partial charge in [-0.15, -0.1) is 0 Å². The standard InChI is InChI=1S/C67H106O6/c1-4-7-10-13-16-19-22-25-28-30-32-33-35-36-39-42-45-48-51-54-57-60-66(69)72-63-64(62-71-65(68)59-56-53-50-47-44-41-38-27-24-21-18-15-12-9-6-3)73-67(70)61-58-55-52-49-46-43-40-37-34-31-29-26-23-20-17-14-11-8-5-2/h7-8,10-11,16-21,25-29,32-34,37-38,43,46,52,55,64H,4-6,9,12-15,22-24,30-31,35-36,39-42,44-45,47-51,53-54,56-63H2,1-3H3/b10-7-,11-8-,19-16-,20-17-,21-18-,28-25-,29-26-,33-32-,37-34-,38-27-,46-43-,55-52-. The van der Waals surface area contributed by atoms with Crippen molar-refractivity contribution in [3.05, 3.63) is 146 Å². The lowest BCUT2D eigenvalue weighted by molar-refractivity contribution is -0.166. The Labute approximate surface area is 448 Å². The molecule has 0 aliphatic heterocycles. The molecule has 0 spiro atoms. The van der Waals surface area contributed by atoms with Gasteiger partial charge in [0.2, 0.25) is 0 Å². The van der Waals surface area contributed by atoms with E-state index >= 15 is 0 Å². The number of unbranched alkanes of at least 4 members (excludes halogenated alkanes) is 16. The van der Waals surface area contributed by atoms with E-state index in [1.54, 1.807) is 0 Å². The second kappa shape index (κ2) is 59.8. The van der Waals surface area contributed by atoms with Crippen molar-refractivity contribution in [3.8, 4) is 0 Å². The average Bonchev–Trinajstić information content (AvgIpc) is 3.39. The van der Waals surface area contributed by atoms with Crippen LogP contribution in [0.1, 0.15) is 239 Å². The molecule has 0 rings (SSSR count). The van der Waals surface area contributed by atoms with E-state index in [-0.39, 0.29) is 31.6 Å². The van der Waals surface area contributed by atoms with Crippen molar-refractivity contribution in [3.63, 3.8) is 0 Å². The third kappa shape index (κ3) is 58.1. The summed E-state index contributed by atoms with van der Waals surface area (Å²) >= 11 is 0. The van der Waals surface area contributed by atoms with Gasteiger partial charge in [-0.05, 0) is 128 Å². The molecule has 73 heavy (non-hydrogen) atoms. The van der Waals surface area contributed by atoms with Crippen LogP contribution >= 0.6 is 0 Å². The first-order chi connectivity index (χ1) is 36.0. The largest absolute Gasteiger partial charge is 0.462 e. The zero-order valence-corrected chi connectivity index (χ0v) is 46.8. The average molecular weight is 1010 g/mol. The van der Waals surface area contributed by atoms with Crippen LogP contribution in [0.3, 0.4) is 0 Å². The molecule has 6 heteroatoms. The Balaban J connectivity index is 4.54. The minimum absolute atomic E-state index is 0.123. The minimum Gasteiger partial charge on any atom is -0.462 e. The summed E-state index contributed by atoms with van der Waals surface area (Å²) in [5.41, 5.74) is 0. The first-order valence-corrected chi connectivity index (χ1v) is 29.3. The molecule has 0 aromatic rings. The van der Waals surface area contributed by atoms with E-state index in [1.165, 1.54) is 57.8 Å². The summed E-state index contributed by atoms with van der Waals surface area (Å²) in [6.45, 7) is 6.30. The van der Waals surface area contributed by atoms with Crippen LogP contribution in [-0.2, 0) is 28.6 Å². The SMILES string of the molecule is CC/C=C\C/C=C\C/C=C\C/C=C\C/C=C\C/C=C\CCC(=O)OC(COC(=O)CCCCCCC/C=C\C/C=C\CCCCC)COC(=O)CCCCCCCCCC/C=C\C/C=C\C/C=C\C/C=C\CC. The number of rotatable bonds is 51. The fourth-order valence-electron chi connectivity index (χ4n) is 7.49. The summed E-state index contributed by atoms with van der Waals surface area (Å²) in [6, 6.07) is 0. The summed E-state index contributed by atoms with van der Waals surface area (Å²) < 4.78 is 16.8. The Morgan fingerprint density at radius 1 is 0.288 bits per heavy atom.